The van der Waals surface area contributed by atoms with Gasteiger partial charge in [-0.1, -0.05) is 36.4 Å². The van der Waals surface area contributed by atoms with E-state index in [9.17, 15) is 0 Å². The van der Waals surface area contributed by atoms with E-state index in [0.29, 0.717) is 13.2 Å². The number of rotatable bonds is 9. The highest BCUT2D eigenvalue weighted by Gasteiger charge is 2.01. The van der Waals surface area contributed by atoms with Crippen LogP contribution in [-0.2, 0) is 24.3 Å². The summed E-state index contributed by atoms with van der Waals surface area (Å²) in [4.78, 5) is 4.69. The molecule has 0 atom stereocenters. The Morgan fingerprint density at radius 3 is 2.33 bits per heavy atom. The van der Waals surface area contributed by atoms with Gasteiger partial charge in [-0.3, -0.25) is 0 Å². The van der Waals surface area contributed by atoms with Gasteiger partial charge in [0.2, 0.25) is 0 Å². The third-order valence-corrected chi connectivity index (χ3v) is 4.51. The molecule has 0 radical (unpaired) electrons. The normalized spacial score (nSPS) is 11.1. The fraction of sp³-hybridized carbons (Fsp3) is 0.304. The largest absolute Gasteiger partial charge is 0.380 e. The summed E-state index contributed by atoms with van der Waals surface area (Å²) < 4.78 is 7.01. The monoisotopic (exact) mass is 519 g/mol. The van der Waals surface area contributed by atoms with E-state index in [-0.39, 0.29) is 24.0 Å². The van der Waals surface area contributed by atoms with Gasteiger partial charge in [0.25, 0.3) is 0 Å². The van der Waals surface area contributed by atoms with Gasteiger partial charge in [-0.2, -0.15) is 5.10 Å². The topological polar surface area (TPSA) is 63.5 Å². The van der Waals surface area contributed by atoms with Crippen molar-refractivity contribution >= 4 is 29.9 Å². The van der Waals surface area contributed by atoms with Crippen LogP contribution in [0.15, 0.2) is 72.0 Å². The van der Waals surface area contributed by atoms with Crippen LogP contribution in [0.1, 0.15) is 23.6 Å². The molecule has 0 saturated heterocycles. The minimum absolute atomic E-state index is 0. The molecule has 0 aliphatic carbocycles. The fourth-order valence-electron chi connectivity index (χ4n) is 2.98. The van der Waals surface area contributed by atoms with Crippen molar-refractivity contribution in [2.75, 3.05) is 20.2 Å². The summed E-state index contributed by atoms with van der Waals surface area (Å²) in [5.74, 6) is 0.835. The van der Waals surface area contributed by atoms with Crippen LogP contribution in [0.5, 0.6) is 0 Å². The van der Waals surface area contributed by atoms with Crippen molar-refractivity contribution in [3.05, 3.63) is 83.7 Å². The number of nitrogens with zero attached hydrogens (tertiary/aromatic N) is 3. The molecular weight excluding hydrogens is 489 g/mol. The summed E-state index contributed by atoms with van der Waals surface area (Å²) in [6.07, 6.45) is 4.66. The highest BCUT2D eigenvalue weighted by atomic mass is 127. The Labute approximate surface area is 195 Å². The molecule has 0 amide bonds. The third kappa shape index (κ3) is 7.46. The predicted octanol–water partition coefficient (Wildman–Crippen LogP) is 3.93. The molecule has 1 heterocycles. The maximum atomic E-state index is 5.15. The Hall–Kier alpha value is -2.39. The SMILES string of the molecule is CCNC(=NCc1ccc(COC)cc1)NCCc1ccc(-n2cccn2)cc1.I. The van der Waals surface area contributed by atoms with E-state index in [1.807, 2.05) is 16.9 Å². The van der Waals surface area contributed by atoms with Crippen molar-refractivity contribution in [2.24, 2.45) is 4.99 Å². The van der Waals surface area contributed by atoms with Gasteiger partial charge in [0.1, 0.15) is 0 Å². The van der Waals surface area contributed by atoms with Crippen LogP contribution in [0.25, 0.3) is 5.69 Å². The molecular formula is C23H30IN5O. The van der Waals surface area contributed by atoms with Gasteiger partial charge in [0, 0.05) is 32.6 Å². The summed E-state index contributed by atoms with van der Waals surface area (Å²) >= 11 is 0. The lowest BCUT2D eigenvalue weighted by Gasteiger charge is -2.12. The molecule has 6 nitrogen and oxygen atoms in total. The summed E-state index contributed by atoms with van der Waals surface area (Å²) in [5.41, 5.74) is 4.69. The Morgan fingerprint density at radius 2 is 1.70 bits per heavy atom. The lowest BCUT2D eigenvalue weighted by atomic mass is 10.1. The molecule has 0 unspecified atom stereocenters. The first-order chi connectivity index (χ1) is 14.3. The van der Waals surface area contributed by atoms with Gasteiger partial charge in [0.15, 0.2) is 5.96 Å². The van der Waals surface area contributed by atoms with Gasteiger partial charge >= 0.3 is 0 Å². The predicted molar refractivity (Wildman–Crippen MR) is 133 cm³/mol. The molecule has 2 N–H and O–H groups in total. The quantitative estimate of drug-likeness (QED) is 0.256. The fourth-order valence-corrected chi connectivity index (χ4v) is 2.98. The maximum Gasteiger partial charge on any atom is 0.191 e. The van der Waals surface area contributed by atoms with Crippen LogP contribution >= 0.6 is 24.0 Å². The number of hydrogen-bond donors (Lipinski definition) is 2. The molecule has 0 fully saturated rings. The summed E-state index contributed by atoms with van der Waals surface area (Å²) in [6.45, 7) is 5.00. The number of guanidine groups is 1. The van der Waals surface area contributed by atoms with Crippen LogP contribution in [0, 0.1) is 0 Å². The molecule has 0 aliphatic heterocycles. The van der Waals surface area contributed by atoms with Crippen LogP contribution in [-0.4, -0.2) is 35.9 Å². The molecule has 3 rings (SSSR count). The molecule has 0 spiro atoms. The van der Waals surface area contributed by atoms with Crippen molar-refractivity contribution in [3.63, 3.8) is 0 Å². The van der Waals surface area contributed by atoms with Gasteiger partial charge in [-0.15, -0.1) is 24.0 Å². The van der Waals surface area contributed by atoms with Gasteiger partial charge in [-0.05, 0) is 48.2 Å². The number of nitrogens with one attached hydrogen (secondary N) is 2. The maximum absolute atomic E-state index is 5.15. The first-order valence-corrected chi connectivity index (χ1v) is 9.96. The first-order valence-electron chi connectivity index (χ1n) is 9.96. The van der Waals surface area contributed by atoms with E-state index in [1.54, 1.807) is 13.3 Å². The van der Waals surface area contributed by atoms with E-state index in [0.717, 1.165) is 31.2 Å². The second-order valence-electron chi connectivity index (χ2n) is 6.74. The number of halogens is 1. The van der Waals surface area contributed by atoms with Crippen LogP contribution in [0.3, 0.4) is 0 Å². The van der Waals surface area contributed by atoms with E-state index in [4.69, 9.17) is 4.74 Å². The smallest absolute Gasteiger partial charge is 0.191 e. The zero-order valence-corrected chi connectivity index (χ0v) is 19.9. The number of aliphatic imine (C=N–C) groups is 1. The van der Waals surface area contributed by atoms with Crippen LogP contribution in [0.4, 0.5) is 0 Å². The third-order valence-electron chi connectivity index (χ3n) is 4.51. The molecule has 2 aromatic carbocycles. The lowest BCUT2D eigenvalue weighted by Crippen LogP contribution is -2.38. The van der Waals surface area contributed by atoms with Crippen LogP contribution < -0.4 is 10.6 Å². The molecule has 0 aliphatic rings. The minimum atomic E-state index is 0. The van der Waals surface area contributed by atoms with Crippen LogP contribution in [0.2, 0.25) is 0 Å². The molecule has 7 heteroatoms. The van der Waals surface area contributed by atoms with E-state index in [2.05, 4.69) is 76.2 Å². The Kier molecular flexibility index (Phi) is 10.4. The standard InChI is InChI=1S/C23H29N5O.HI/c1-3-24-23(26-17-20-5-7-21(8-6-20)18-29-2)25-15-13-19-9-11-22(12-10-19)28-16-4-14-27-28;/h4-12,14,16H,3,13,15,17-18H2,1-2H3,(H2,24,25,26);1H. The zero-order chi connectivity index (χ0) is 20.3. The van der Waals surface area contributed by atoms with Crippen molar-refractivity contribution < 1.29 is 4.74 Å². The molecule has 160 valence electrons. The van der Waals surface area contributed by atoms with Gasteiger partial charge in [-0.25, -0.2) is 9.67 Å². The average molecular weight is 519 g/mol. The van der Waals surface area contributed by atoms with E-state index < -0.39 is 0 Å². The Morgan fingerprint density at radius 1 is 1.00 bits per heavy atom. The van der Waals surface area contributed by atoms with Crippen molar-refractivity contribution in [3.8, 4) is 5.69 Å². The van der Waals surface area contributed by atoms with Crippen molar-refractivity contribution in [2.45, 2.75) is 26.5 Å². The van der Waals surface area contributed by atoms with E-state index >= 15 is 0 Å². The first kappa shape index (κ1) is 23.9. The number of aromatic nitrogens is 2. The second kappa shape index (κ2) is 13.0. The molecule has 3 aromatic rings. The number of benzene rings is 2. The highest BCUT2D eigenvalue weighted by Crippen LogP contribution is 2.09. The zero-order valence-electron chi connectivity index (χ0n) is 17.5. The van der Waals surface area contributed by atoms with Gasteiger partial charge in [0.05, 0.1) is 18.8 Å². The summed E-state index contributed by atoms with van der Waals surface area (Å²) in [7, 11) is 1.71. The average Bonchev–Trinajstić information content (AvgIpc) is 3.29. The second-order valence-corrected chi connectivity index (χ2v) is 6.74. The Bertz CT molecular complexity index is 877. The summed E-state index contributed by atoms with van der Waals surface area (Å²) in [5, 5.41) is 11.0. The number of hydrogen-bond acceptors (Lipinski definition) is 3. The Balaban J connectivity index is 0.00000320. The molecule has 0 bridgehead atoms. The number of ether oxygens (including phenoxy) is 1. The van der Waals surface area contributed by atoms with Crippen molar-refractivity contribution in [1.29, 1.82) is 0 Å². The molecule has 30 heavy (non-hydrogen) atoms. The van der Waals surface area contributed by atoms with Crippen molar-refractivity contribution in [1.82, 2.24) is 20.4 Å². The minimum Gasteiger partial charge on any atom is -0.380 e. The van der Waals surface area contributed by atoms with Gasteiger partial charge < -0.3 is 15.4 Å². The highest BCUT2D eigenvalue weighted by molar-refractivity contribution is 14.0. The molecule has 0 saturated carbocycles. The van der Waals surface area contributed by atoms with E-state index in [1.165, 1.54) is 16.7 Å². The number of methoxy groups -OCH3 is 1. The molecule has 1 aromatic heterocycles. The summed E-state index contributed by atoms with van der Waals surface area (Å²) in [6, 6.07) is 18.8. The lowest BCUT2D eigenvalue weighted by molar-refractivity contribution is 0.185.